The van der Waals surface area contributed by atoms with E-state index in [1.807, 2.05) is 24.3 Å². The van der Waals surface area contributed by atoms with Gasteiger partial charge in [0.15, 0.2) is 0 Å². The predicted molar refractivity (Wildman–Crippen MR) is 122 cm³/mol. The Hall–Kier alpha value is -2.09. The van der Waals surface area contributed by atoms with Crippen LogP contribution in [0.25, 0.3) is 0 Å². The van der Waals surface area contributed by atoms with Crippen LogP contribution in [-0.4, -0.2) is 37.8 Å². The molecule has 8 heteroatoms. The summed E-state index contributed by atoms with van der Waals surface area (Å²) in [5.74, 6) is 0.330. The summed E-state index contributed by atoms with van der Waals surface area (Å²) in [6, 6.07) is 11.8. The van der Waals surface area contributed by atoms with Crippen molar-refractivity contribution in [1.29, 1.82) is 0 Å². The molecule has 0 radical (unpaired) electrons. The largest absolute Gasteiger partial charge is 0.490 e. The van der Waals surface area contributed by atoms with Crippen LogP contribution in [0.2, 0.25) is 5.02 Å². The molecule has 0 aliphatic heterocycles. The molecule has 1 aliphatic rings. The monoisotopic (exact) mass is 464 g/mol. The van der Waals surface area contributed by atoms with Crippen molar-refractivity contribution < 1.29 is 17.9 Å². The van der Waals surface area contributed by atoms with Crippen molar-refractivity contribution in [2.24, 2.45) is 0 Å². The van der Waals surface area contributed by atoms with Gasteiger partial charge in [0.2, 0.25) is 10.0 Å². The summed E-state index contributed by atoms with van der Waals surface area (Å²) >= 11 is 6.22. The van der Waals surface area contributed by atoms with Gasteiger partial charge >= 0.3 is 0 Å². The summed E-state index contributed by atoms with van der Waals surface area (Å²) < 4.78 is 33.1. The molecule has 2 aromatic carbocycles. The number of benzene rings is 2. The number of carbonyl (C=O) groups is 1. The van der Waals surface area contributed by atoms with Crippen LogP contribution in [0, 0.1) is 0 Å². The fourth-order valence-corrected chi connectivity index (χ4v) is 5.46. The highest BCUT2D eigenvalue weighted by molar-refractivity contribution is 7.89. The summed E-state index contributed by atoms with van der Waals surface area (Å²) in [5.41, 5.74) is 0.995. The number of ether oxygens (including phenoxy) is 1. The Morgan fingerprint density at radius 3 is 2.48 bits per heavy atom. The highest BCUT2D eigenvalue weighted by atomic mass is 35.5. The molecule has 1 saturated carbocycles. The van der Waals surface area contributed by atoms with Crippen LogP contribution in [-0.2, 0) is 16.6 Å². The highest BCUT2D eigenvalue weighted by Crippen LogP contribution is 2.27. The molecule has 1 aliphatic carbocycles. The number of nitrogens with one attached hydrogen (secondary N) is 1. The molecule has 1 N–H and O–H groups in total. The molecule has 0 unspecified atom stereocenters. The molecular weight excluding hydrogens is 436 g/mol. The number of carbonyl (C=O) groups excluding carboxylic acids is 1. The minimum Gasteiger partial charge on any atom is -0.490 e. The van der Waals surface area contributed by atoms with Gasteiger partial charge in [-0.3, -0.25) is 4.79 Å². The SMILES string of the molecule is CCN(CC)S(=O)(=O)c1ccc(Cl)c(C(=O)NCc2ccccc2OC2CCCC2)c1. The van der Waals surface area contributed by atoms with Gasteiger partial charge in [0.1, 0.15) is 5.75 Å². The second kappa shape index (κ2) is 10.5. The van der Waals surface area contributed by atoms with Gasteiger partial charge in [-0.25, -0.2) is 8.42 Å². The van der Waals surface area contributed by atoms with Crippen molar-refractivity contribution in [3.8, 4) is 5.75 Å². The van der Waals surface area contributed by atoms with Crippen molar-refractivity contribution in [1.82, 2.24) is 9.62 Å². The molecule has 0 bridgehead atoms. The standard InChI is InChI=1S/C23H29ClN2O4S/c1-3-26(4-2)31(28,29)19-13-14-21(24)20(15-19)23(27)25-16-17-9-5-8-12-22(17)30-18-10-6-7-11-18/h5,8-9,12-15,18H,3-4,6-7,10-11,16H2,1-2H3,(H,25,27). The zero-order chi connectivity index (χ0) is 22.4. The van der Waals surface area contributed by atoms with E-state index in [1.54, 1.807) is 13.8 Å². The normalized spacial score (nSPS) is 14.7. The van der Waals surface area contributed by atoms with Crippen LogP contribution in [0.3, 0.4) is 0 Å². The van der Waals surface area contributed by atoms with Crippen LogP contribution >= 0.6 is 11.6 Å². The molecule has 168 valence electrons. The Morgan fingerprint density at radius 2 is 1.81 bits per heavy atom. The average Bonchev–Trinajstić information content (AvgIpc) is 3.27. The molecule has 2 aromatic rings. The lowest BCUT2D eigenvalue weighted by Gasteiger charge is -2.19. The van der Waals surface area contributed by atoms with Gasteiger partial charge < -0.3 is 10.1 Å². The van der Waals surface area contributed by atoms with E-state index in [0.29, 0.717) is 13.1 Å². The molecule has 6 nitrogen and oxygen atoms in total. The topological polar surface area (TPSA) is 75.7 Å². The summed E-state index contributed by atoms with van der Waals surface area (Å²) in [5, 5.41) is 3.05. The Balaban J connectivity index is 1.76. The lowest BCUT2D eigenvalue weighted by atomic mass is 10.1. The molecule has 0 aromatic heterocycles. The minimum atomic E-state index is -3.69. The van der Waals surface area contributed by atoms with Gasteiger partial charge in [0, 0.05) is 25.2 Å². The molecule has 1 fully saturated rings. The lowest BCUT2D eigenvalue weighted by molar-refractivity contribution is 0.0950. The summed E-state index contributed by atoms with van der Waals surface area (Å²) in [6.45, 7) is 4.50. The molecule has 0 spiro atoms. The van der Waals surface area contributed by atoms with E-state index in [4.69, 9.17) is 16.3 Å². The third kappa shape index (κ3) is 5.59. The van der Waals surface area contributed by atoms with Gasteiger partial charge in [-0.05, 0) is 49.9 Å². The van der Waals surface area contributed by atoms with Gasteiger partial charge in [-0.1, -0.05) is 43.6 Å². The van der Waals surface area contributed by atoms with Crippen molar-refractivity contribution in [2.45, 2.75) is 57.1 Å². The maximum atomic E-state index is 12.8. The molecule has 3 rings (SSSR count). The maximum absolute atomic E-state index is 12.8. The second-order valence-electron chi connectivity index (χ2n) is 7.55. The van der Waals surface area contributed by atoms with E-state index >= 15 is 0 Å². The second-order valence-corrected chi connectivity index (χ2v) is 9.89. The van der Waals surface area contributed by atoms with E-state index in [1.165, 1.54) is 35.3 Å². The Bertz CT molecular complexity index is 1020. The van der Waals surface area contributed by atoms with E-state index in [9.17, 15) is 13.2 Å². The fourth-order valence-electron chi connectivity index (χ4n) is 3.77. The van der Waals surface area contributed by atoms with Gasteiger partial charge in [-0.15, -0.1) is 0 Å². The Kier molecular flexibility index (Phi) is 7.97. The number of hydrogen-bond acceptors (Lipinski definition) is 4. The number of para-hydroxylation sites is 1. The van der Waals surface area contributed by atoms with Gasteiger partial charge in [0.05, 0.1) is 21.6 Å². The fraction of sp³-hybridized carbons (Fsp3) is 0.435. The summed E-state index contributed by atoms with van der Waals surface area (Å²) in [6.07, 6.45) is 4.66. The predicted octanol–water partition coefficient (Wildman–Crippen LogP) is 4.62. The van der Waals surface area contributed by atoms with E-state index in [2.05, 4.69) is 5.32 Å². The number of amides is 1. The average molecular weight is 465 g/mol. The first-order valence-electron chi connectivity index (χ1n) is 10.7. The van der Waals surface area contributed by atoms with E-state index < -0.39 is 15.9 Å². The molecule has 0 atom stereocenters. The molecule has 0 heterocycles. The lowest BCUT2D eigenvalue weighted by Crippen LogP contribution is -2.31. The van der Waals surface area contributed by atoms with Crippen LogP contribution in [0.5, 0.6) is 5.75 Å². The van der Waals surface area contributed by atoms with Crippen molar-refractivity contribution >= 4 is 27.5 Å². The minimum absolute atomic E-state index is 0.0516. The number of nitrogens with zero attached hydrogens (tertiary/aromatic N) is 1. The maximum Gasteiger partial charge on any atom is 0.253 e. The Labute approximate surface area is 189 Å². The third-order valence-electron chi connectivity index (χ3n) is 5.53. The van der Waals surface area contributed by atoms with E-state index in [-0.39, 0.29) is 28.1 Å². The third-order valence-corrected chi connectivity index (χ3v) is 7.91. The first-order valence-corrected chi connectivity index (χ1v) is 12.5. The number of halogens is 1. The van der Waals surface area contributed by atoms with Crippen molar-refractivity contribution in [3.05, 3.63) is 58.6 Å². The number of hydrogen-bond donors (Lipinski definition) is 1. The van der Waals surface area contributed by atoms with Crippen LogP contribution in [0.1, 0.15) is 55.5 Å². The summed E-state index contributed by atoms with van der Waals surface area (Å²) in [7, 11) is -3.69. The zero-order valence-corrected chi connectivity index (χ0v) is 19.5. The van der Waals surface area contributed by atoms with Crippen LogP contribution in [0.15, 0.2) is 47.4 Å². The first kappa shape index (κ1) is 23.6. The molecule has 1 amide bonds. The van der Waals surface area contributed by atoms with Crippen molar-refractivity contribution in [2.75, 3.05) is 13.1 Å². The van der Waals surface area contributed by atoms with E-state index in [0.717, 1.165) is 24.2 Å². The Morgan fingerprint density at radius 1 is 1.13 bits per heavy atom. The highest BCUT2D eigenvalue weighted by Gasteiger charge is 2.24. The number of sulfonamides is 1. The quantitative estimate of drug-likeness (QED) is 0.587. The first-order chi connectivity index (χ1) is 14.9. The zero-order valence-electron chi connectivity index (χ0n) is 17.9. The van der Waals surface area contributed by atoms with Crippen LogP contribution < -0.4 is 10.1 Å². The van der Waals surface area contributed by atoms with Crippen molar-refractivity contribution in [3.63, 3.8) is 0 Å². The van der Waals surface area contributed by atoms with Gasteiger partial charge in [0.25, 0.3) is 5.91 Å². The smallest absolute Gasteiger partial charge is 0.253 e. The van der Waals surface area contributed by atoms with Crippen LogP contribution in [0.4, 0.5) is 0 Å². The number of rotatable bonds is 9. The van der Waals surface area contributed by atoms with Gasteiger partial charge in [-0.2, -0.15) is 4.31 Å². The molecular formula is C23H29ClN2O4S. The summed E-state index contributed by atoms with van der Waals surface area (Å²) in [4.78, 5) is 12.9. The molecule has 31 heavy (non-hydrogen) atoms. The molecule has 0 saturated heterocycles.